The van der Waals surface area contributed by atoms with E-state index in [9.17, 15) is 0 Å². The van der Waals surface area contributed by atoms with Crippen molar-refractivity contribution in [1.82, 2.24) is 0 Å². The van der Waals surface area contributed by atoms with E-state index < -0.39 is 15.2 Å². The van der Waals surface area contributed by atoms with E-state index in [2.05, 4.69) is 128 Å². The average molecular weight is 537 g/mol. The summed E-state index contributed by atoms with van der Waals surface area (Å²) in [6.07, 6.45) is 5.34. The van der Waals surface area contributed by atoms with E-state index in [-0.39, 0.29) is 24.8 Å². The number of hydrogen-bond acceptors (Lipinski definition) is 1. The van der Waals surface area contributed by atoms with Gasteiger partial charge < -0.3 is 0 Å². The Hall–Kier alpha value is -2.68. The van der Waals surface area contributed by atoms with Gasteiger partial charge in [-0.3, -0.25) is 0 Å². The van der Waals surface area contributed by atoms with Gasteiger partial charge in [0.25, 0.3) is 0 Å². The Balaban J connectivity index is 0.00000171. The Bertz CT molecular complexity index is 1360. The van der Waals surface area contributed by atoms with Crippen LogP contribution in [0.5, 0.6) is 5.75 Å². The normalized spacial score (nSPS) is 13.1. The van der Waals surface area contributed by atoms with Gasteiger partial charge in [-0.25, -0.2) is 0 Å². The van der Waals surface area contributed by atoms with Crippen LogP contribution in [0, 0.1) is 0 Å². The van der Waals surface area contributed by atoms with Gasteiger partial charge in [0.05, 0.1) is 0 Å². The summed E-state index contributed by atoms with van der Waals surface area (Å²) in [7, 11) is 0. The summed E-state index contributed by atoms with van der Waals surface area (Å²) in [6, 6.07) is 40.3. The molecule has 4 aromatic carbocycles. The first-order chi connectivity index (χ1) is 16.1. The Labute approximate surface area is 221 Å². The molecule has 178 valence electrons. The number of hydrogen-bond donors (Lipinski definition) is 0. The molecule has 1 aliphatic carbocycles. The van der Waals surface area contributed by atoms with E-state index >= 15 is 0 Å². The van der Waals surface area contributed by atoms with E-state index in [1.54, 1.807) is 0 Å². The predicted molar refractivity (Wildman–Crippen MR) is 153 cm³/mol. The Morgan fingerprint density at radius 1 is 0.657 bits per heavy atom. The summed E-state index contributed by atoms with van der Waals surface area (Å²) in [6.45, 7) is 2.20. The third-order valence-electron chi connectivity index (χ3n) is 6.86. The molecule has 0 bridgehead atoms. The van der Waals surface area contributed by atoms with Gasteiger partial charge in [-0.2, -0.15) is 0 Å². The monoisotopic (exact) mass is 536 g/mol. The van der Waals surface area contributed by atoms with Crippen LogP contribution in [-0.2, 0) is 15.2 Å². The maximum absolute atomic E-state index is 7.36. The minimum atomic E-state index is -4.45. The second-order valence-electron chi connectivity index (χ2n) is 8.85. The Kier molecular flexibility index (Phi) is 8.41. The van der Waals surface area contributed by atoms with Crippen LogP contribution in [-0.4, -0.2) is 4.82 Å². The van der Waals surface area contributed by atoms with Crippen molar-refractivity contribution in [2.45, 2.75) is 13.3 Å². The van der Waals surface area contributed by atoms with Crippen molar-refractivity contribution < 1.29 is 18.5 Å². The van der Waals surface area contributed by atoms with Crippen molar-refractivity contribution in [3.8, 4) is 16.9 Å². The molecular weight excluding hydrogens is 507 g/mol. The third kappa shape index (κ3) is 4.75. The van der Waals surface area contributed by atoms with Gasteiger partial charge in [0.15, 0.2) is 0 Å². The van der Waals surface area contributed by atoms with Crippen molar-refractivity contribution in [2.75, 3.05) is 0 Å². The van der Waals surface area contributed by atoms with E-state index in [0.29, 0.717) is 0 Å². The average Bonchev–Trinajstić information content (AvgIpc) is 3.33. The van der Waals surface area contributed by atoms with Crippen molar-refractivity contribution >= 4 is 37.4 Å². The SMILES string of the molecule is Cl.Cl.[CH2]=[Ti]([O]c1cccc(-c2ccccc2)c1)([C]1=C(C)C=CC1)([c]1ccccc1)[c]1ccccc1. The quantitative estimate of drug-likeness (QED) is 0.232. The van der Waals surface area contributed by atoms with Crippen molar-refractivity contribution in [3.05, 3.63) is 137 Å². The first-order valence-corrected chi connectivity index (χ1v) is 15.5. The van der Waals surface area contributed by atoms with Crippen LogP contribution in [0.15, 0.2) is 137 Å². The fraction of sp³-hybridized carbons (Fsp3) is 0.0645. The first kappa shape index (κ1) is 26.9. The van der Waals surface area contributed by atoms with E-state index in [0.717, 1.165) is 17.7 Å². The molecule has 0 fully saturated rings. The van der Waals surface area contributed by atoms with E-state index in [1.165, 1.54) is 22.8 Å². The van der Waals surface area contributed by atoms with Gasteiger partial charge in [-0.05, 0) is 0 Å². The van der Waals surface area contributed by atoms with E-state index in [4.69, 9.17) is 8.14 Å². The van der Waals surface area contributed by atoms with Crippen LogP contribution in [0.4, 0.5) is 0 Å². The summed E-state index contributed by atoms with van der Waals surface area (Å²) in [5.41, 5.74) is 3.59. The van der Waals surface area contributed by atoms with Crippen LogP contribution >= 0.6 is 24.8 Å². The second kappa shape index (κ2) is 10.9. The summed E-state index contributed by atoms with van der Waals surface area (Å²) < 4.78 is 11.1. The molecule has 0 aromatic heterocycles. The second-order valence-corrected chi connectivity index (χ2v) is 16.2. The molecule has 0 heterocycles. The molecule has 0 spiro atoms. The molecule has 1 aliphatic rings. The standard InChI is InChI=1S/C12H10O.C6H7.2C6H5.CH2.2ClH.Ti/c13-12-8-4-7-11(9-12)10-5-2-1-3-6-10;1-6-4-2-3-5-6;2*1-2-4-6-5-3-1;;;;/h1-9,13H;2,4H,3H2,1H3;2*1-5H;1H2;2*1H;/q;;;;;;;+1/p-1. The molecule has 4 heteroatoms. The summed E-state index contributed by atoms with van der Waals surface area (Å²) in [5.74, 6) is 0.864. The fourth-order valence-electron chi connectivity index (χ4n) is 5.15. The molecule has 0 saturated carbocycles. The number of rotatable bonds is 6. The topological polar surface area (TPSA) is 9.23 Å². The molecule has 0 atom stereocenters. The van der Waals surface area contributed by atoms with Crippen LogP contribution in [0.25, 0.3) is 11.1 Å². The van der Waals surface area contributed by atoms with Gasteiger partial charge in [0.1, 0.15) is 0 Å². The van der Waals surface area contributed by atoms with Crippen molar-refractivity contribution in [1.29, 1.82) is 0 Å². The maximum atomic E-state index is 7.36. The predicted octanol–water partition coefficient (Wildman–Crippen LogP) is 7.50. The van der Waals surface area contributed by atoms with Crippen LogP contribution in [0.1, 0.15) is 13.3 Å². The van der Waals surface area contributed by atoms with Crippen LogP contribution < -0.4 is 11.1 Å². The van der Waals surface area contributed by atoms with E-state index in [1.807, 2.05) is 6.07 Å². The summed E-state index contributed by atoms with van der Waals surface area (Å²) in [5, 5.41) is 0. The zero-order valence-electron chi connectivity index (χ0n) is 19.8. The molecule has 0 unspecified atom stereocenters. The van der Waals surface area contributed by atoms with Gasteiger partial charge in [0, 0.05) is 0 Å². The molecule has 0 aliphatic heterocycles. The molecule has 4 aromatic rings. The summed E-state index contributed by atoms with van der Waals surface area (Å²) in [4.78, 5) is 5.14. The van der Waals surface area contributed by atoms with Crippen molar-refractivity contribution in [3.63, 3.8) is 0 Å². The Morgan fingerprint density at radius 2 is 1.17 bits per heavy atom. The molecule has 5 rings (SSSR count). The molecule has 0 saturated heterocycles. The summed E-state index contributed by atoms with van der Waals surface area (Å²) >= 11 is -4.45. The number of allylic oxidation sites excluding steroid dienone is 4. The molecule has 35 heavy (non-hydrogen) atoms. The number of benzene rings is 4. The fourth-order valence-corrected chi connectivity index (χ4v) is 13.4. The van der Waals surface area contributed by atoms with Gasteiger partial charge in [-0.1, -0.05) is 0 Å². The zero-order chi connectivity index (χ0) is 22.8. The number of halogens is 2. The van der Waals surface area contributed by atoms with Gasteiger partial charge in [0.2, 0.25) is 0 Å². The minimum absolute atomic E-state index is 0. The van der Waals surface area contributed by atoms with Crippen LogP contribution in [0.3, 0.4) is 0 Å². The molecular formula is C31H30Cl2OTi. The van der Waals surface area contributed by atoms with Gasteiger partial charge >= 0.3 is 198 Å². The van der Waals surface area contributed by atoms with Gasteiger partial charge in [-0.15, -0.1) is 24.8 Å². The molecule has 0 N–H and O–H groups in total. The van der Waals surface area contributed by atoms with Crippen molar-refractivity contribution in [2.24, 2.45) is 0 Å². The van der Waals surface area contributed by atoms with Crippen LogP contribution in [0.2, 0.25) is 0 Å². The molecule has 0 radical (unpaired) electrons. The third-order valence-corrected chi connectivity index (χ3v) is 15.7. The first-order valence-electron chi connectivity index (χ1n) is 11.4. The zero-order valence-corrected chi connectivity index (χ0v) is 23.0. The Morgan fingerprint density at radius 3 is 1.69 bits per heavy atom. The molecule has 1 nitrogen and oxygen atoms in total. The molecule has 0 amide bonds.